The van der Waals surface area contributed by atoms with Gasteiger partial charge in [0.05, 0.1) is 0 Å². The largest absolute Gasteiger partial charge is 0.0622 e. The molecule has 0 heterocycles. The highest BCUT2D eigenvalue weighted by molar-refractivity contribution is 5.73. The zero-order chi connectivity index (χ0) is 17.6. The summed E-state index contributed by atoms with van der Waals surface area (Å²) in [6.07, 6.45) is 4.32. The second kappa shape index (κ2) is 7.67. The average molecular weight is 332 g/mol. The summed E-state index contributed by atoms with van der Waals surface area (Å²) in [6, 6.07) is 38.3. The van der Waals surface area contributed by atoms with E-state index in [9.17, 15) is 0 Å². The highest BCUT2D eigenvalue weighted by Gasteiger charge is 1.97. The molecule has 0 saturated carbocycles. The van der Waals surface area contributed by atoms with Gasteiger partial charge in [0.1, 0.15) is 0 Å². The molecule has 0 aromatic heterocycles. The van der Waals surface area contributed by atoms with Crippen LogP contribution in [0, 0.1) is 0 Å². The van der Waals surface area contributed by atoms with Crippen LogP contribution in [0.15, 0.2) is 109 Å². The van der Waals surface area contributed by atoms with E-state index >= 15 is 0 Å². The SMILES string of the molecule is C(=Cc1ccc(-c2ccccc2)cc1)c1ccc(-c2ccccc2)cc1. The maximum atomic E-state index is 2.17. The molecule has 0 aliphatic heterocycles. The van der Waals surface area contributed by atoms with Crippen molar-refractivity contribution in [1.82, 2.24) is 0 Å². The van der Waals surface area contributed by atoms with E-state index in [0.29, 0.717) is 0 Å². The summed E-state index contributed by atoms with van der Waals surface area (Å²) < 4.78 is 0. The van der Waals surface area contributed by atoms with Crippen molar-refractivity contribution >= 4 is 12.2 Å². The smallest absolute Gasteiger partial charge is 0.0184 e. The third-order valence-corrected chi connectivity index (χ3v) is 4.50. The topological polar surface area (TPSA) is 0 Å². The van der Waals surface area contributed by atoms with E-state index in [2.05, 4.69) is 109 Å². The second-order valence-electron chi connectivity index (χ2n) is 6.31. The lowest BCUT2D eigenvalue weighted by Crippen LogP contribution is -1.79. The van der Waals surface area contributed by atoms with Crippen molar-refractivity contribution in [1.29, 1.82) is 0 Å². The number of benzene rings is 4. The molecule has 0 atom stereocenters. The van der Waals surface area contributed by atoms with E-state index in [0.717, 1.165) is 0 Å². The Morgan fingerprint density at radius 3 is 0.962 bits per heavy atom. The zero-order valence-electron chi connectivity index (χ0n) is 14.5. The summed E-state index contributed by atoms with van der Waals surface area (Å²) >= 11 is 0. The van der Waals surface area contributed by atoms with E-state index in [-0.39, 0.29) is 0 Å². The minimum atomic E-state index is 1.21. The van der Waals surface area contributed by atoms with Crippen LogP contribution in [0.1, 0.15) is 11.1 Å². The molecular formula is C26H20. The van der Waals surface area contributed by atoms with E-state index < -0.39 is 0 Å². The molecular weight excluding hydrogens is 312 g/mol. The normalized spacial score (nSPS) is 10.9. The van der Waals surface area contributed by atoms with E-state index in [4.69, 9.17) is 0 Å². The van der Waals surface area contributed by atoms with Crippen LogP contribution < -0.4 is 0 Å². The van der Waals surface area contributed by atoms with E-state index in [1.54, 1.807) is 0 Å². The van der Waals surface area contributed by atoms with E-state index in [1.165, 1.54) is 33.4 Å². The average Bonchev–Trinajstić information content (AvgIpc) is 2.74. The first-order valence-electron chi connectivity index (χ1n) is 8.87. The Bertz CT molecular complexity index is 892. The highest BCUT2D eigenvalue weighted by Crippen LogP contribution is 2.22. The lowest BCUT2D eigenvalue weighted by Gasteiger charge is -2.03. The quantitative estimate of drug-likeness (QED) is 0.347. The van der Waals surface area contributed by atoms with Gasteiger partial charge < -0.3 is 0 Å². The maximum absolute atomic E-state index is 2.17. The first kappa shape index (κ1) is 16.1. The van der Waals surface area contributed by atoms with Crippen LogP contribution in [0.3, 0.4) is 0 Å². The Hall–Kier alpha value is -3.38. The fourth-order valence-electron chi connectivity index (χ4n) is 3.03. The van der Waals surface area contributed by atoms with Gasteiger partial charge in [-0.25, -0.2) is 0 Å². The minimum Gasteiger partial charge on any atom is -0.0622 e. The van der Waals surface area contributed by atoms with Crippen molar-refractivity contribution in [3.63, 3.8) is 0 Å². The van der Waals surface area contributed by atoms with Gasteiger partial charge in [0.25, 0.3) is 0 Å². The number of hydrogen-bond acceptors (Lipinski definition) is 0. The Labute approximate surface area is 155 Å². The Balaban J connectivity index is 1.48. The lowest BCUT2D eigenvalue weighted by atomic mass is 10.0. The first-order valence-corrected chi connectivity index (χ1v) is 8.87. The van der Waals surface area contributed by atoms with Crippen molar-refractivity contribution in [2.75, 3.05) is 0 Å². The van der Waals surface area contributed by atoms with Gasteiger partial charge in [-0.3, -0.25) is 0 Å². The van der Waals surface area contributed by atoms with Crippen molar-refractivity contribution in [3.05, 3.63) is 120 Å². The molecule has 0 heteroatoms. The third kappa shape index (κ3) is 3.81. The van der Waals surface area contributed by atoms with Gasteiger partial charge in [0, 0.05) is 0 Å². The fraction of sp³-hybridized carbons (Fsp3) is 0. The molecule has 0 aliphatic carbocycles. The monoisotopic (exact) mass is 332 g/mol. The van der Waals surface area contributed by atoms with Crippen LogP contribution >= 0.6 is 0 Å². The first-order chi connectivity index (χ1) is 12.9. The molecule has 0 unspecified atom stereocenters. The van der Waals surface area contributed by atoms with Crippen molar-refractivity contribution in [2.45, 2.75) is 0 Å². The van der Waals surface area contributed by atoms with Crippen LogP contribution in [0.25, 0.3) is 34.4 Å². The fourth-order valence-corrected chi connectivity index (χ4v) is 3.03. The van der Waals surface area contributed by atoms with Gasteiger partial charge in [-0.2, -0.15) is 0 Å². The summed E-state index contributed by atoms with van der Waals surface area (Å²) in [7, 11) is 0. The molecule has 0 bridgehead atoms. The van der Waals surface area contributed by atoms with Crippen LogP contribution in [0.4, 0.5) is 0 Å². The van der Waals surface area contributed by atoms with Crippen LogP contribution in [-0.4, -0.2) is 0 Å². The van der Waals surface area contributed by atoms with E-state index in [1.807, 2.05) is 12.1 Å². The molecule has 0 radical (unpaired) electrons. The second-order valence-corrected chi connectivity index (χ2v) is 6.31. The Morgan fingerprint density at radius 1 is 0.308 bits per heavy atom. The summed E-state index contributed by atoms with van der Waals surface area (Å²) in [6.45, 7) is 0. The summed E-state index contributed by atoms with van der Waals surface area (Å²) in [5.41, 5.74) is 7.40. The van der Waals surface area contributed by atoms with Crippen molar-refractivity contribution < 1.29 is 0 Å². The molecule has 4 rings (SSSR count). The number of hydrogen-bond donors (Lipinski definition) is 0. The molecule has 0 aliphatic rings. The molecule has 4 aromatic carbocycles. The summed E-state index contributed by atoms with van der Waals surface area (Å²) in [5, 5.41) is 0. The predicted molar refractivity (Wildman–Crippen MR) is 113 cm³/mol. The number of rotatable bonds is 4. The summed E-state index contributed by atoms with van der Waals surface area (Å²) in [4.78, 5) is 0. The van der Waals surface area contributed by atoms with Crippen LogP contribution in [0.5, 0.6) is 0 Å². The van der Waals surface area contributed by atoms with Crippen LogP contribution in [0.2, 0.25) is 0 Å². The standard InChI is InChI=1S/C26H20/c1-3-7-23(8-4-1)25-17-13-21(14-18-25)11-12-22-15-19-26(20-16-22)24-9-5-2-6-10-24/h1-20H. The molecule has 0 amide bonds. The van der Waals surface area contributed by atoms with Gasteiger partial charge in [-0.1, -0.05) is 121 Å². The van der Waals surface area contributed by atoms with Gasteiger partial charge in [0.15, 0.2) is 0 Å². The Kier molecular flexibility index (Phi) is 4.75. The molecule has 0 fully saturated rings. The third-order valence-electron chi connectivity index (χ3n) is 4.50. The van der Waals surface area contributed by atoms with Crippen molar-refractivity contribution in [2.24, 2.45) is 0 Å². The minimum absolute atomic E-state index is 1.21. The molecule has 0 spiro atoms. The molecule has 0 saturated heterocycles. The Morgan fingerprint density at radius 2 is 0.615 bits per heavy atom. The van der Waals surface area contributed by atoms with Gasteiger partial charge in [-0.05, 0) is 33.4 Å². The van der Waals surface area contributed by atoms with Crippen LogP contribution in [-0.2, 0) is 0 Å². The van der Waals surface area contributed by atoms with Crippen molar-refractivity contribution in [3.8, 4) is 22.3 Å². The molecule has 4 aromatic rings. The molecule has 26 heavy (non-hydrogen) atoms. The molecule has 0 N–H and O–H groups in total. The molecule has 124 valence electrons. The highest BCUT2D eigenvalue weighted by atomic mass is 14.0. The summed E-state index contributed by atoms with van der Waals surface area (Å²) in [5.74, 6) is 0. The predicted octanol–water partition coefficient (Wildman–Crippen LogP) is 7.19. The zero-order valence-corrected chi connectivity index (χ0v) is 14.5. The van der Waals surface area contributed by atoms with Gasteiger partial charge in [-0.15, -0.1) is 0 Å². The molecule has 0 nitrogen and oxygen atoms in total. The van der Waals surface area contributed by atoms with Gasteiger partial charge in [0.2, 0.25) is 0 Å². The maximum Gasteiger partial charge on any atom is -0.0184 e. The van der Waals surface area contributed by atoms with Gasteiger partial charge >= 0.3 is 0 Å². The lowest BCUT2D eigenvalue weighted by molar-refractivity contribution is 1.59.